The van der Waals surface area contributed by atoms with Crippen LogP contribution in [0.15, 0.2) is 30.3 Å². The predicted molar refractivity (Wildman–Crippen MR) is 78.4 cm³/mol. The van der Waals surface area contributed by atoms with Crippen molar-refractivity contribution in [1.82, 2.24) is 0 Å². The highest BCUT2D eigenvalue weighted by Gasteiger charge is 2.09. The summed E-state index contributed by atoms with van der Waals surface area (Å²) in [6.07, 6.45) is 0.825. The SMILES string of the molecule is COCCCOc1cc(CO)cc2c(OC)cccc12. The smallest absolute Gasteiger partial charge is 0.127 e. The molecule has 4 heteroatoms. The third-order valence-corrected chi connectivity index (χ3v) is 3.13. The first-order valence-electron chi connectivity index (χ1n) is 6.62. The average molecular weight is 276 g/mol. The van der Waals surface area contributed by atoms with Crippen LogP contribution in [0.25, 0.3) is 10.8 Å². The number of aliphatic hydroxyl groups excluding tert-OH is 1. The number of rotatable bonds is 7. The molecular formula is C16H20O4. The molecule has 108 valence electrons. The topological polar surface area (TPSA) is 47.9 Å². The van der Waals surface area contributed by atoms with Gasteiger partial charge < -0.3 is 19.3 Å². The first-order valence-corrected chi connectivity index (χ1v) is 6.62. The number of aliphatic hydroxyl groups is 1. The van der Waals surface area contributed by atoms with Crippen molar-refractivity contribution in [1.29, 1.82) is 0 Å². The van der Waals surface area contributed by atoms with Gasteiger partial charge in [0.25, 0.3) is 0 Å². The van der Waals surface area contributed by atoms with Crippen LogP contribution in [0.1, 0.15) is 12.0 Å². The maximum atomic E-state index is 9.38. The van der Waals surface area contributed by atoms with E-state index in [1.165, 1.54) is 0 Å². The lowest BCUT2D eigenvalue weighted by Crippen LogP contribution is -2.02. The summed E-state index contributed by atoms with van der Waals surface area (Å²) in [5, 5.41) is 11.3. The molecule has 0 amide bonds. The molecular weight excluding hydrogens is 256 g/mol. The van der Waals surface area contributed by atoms with E-state index in [0.717, 1.165) is 34.3 Å². The molecule has 2 aromatic rings. The quantitative estimate of drug-likeness (QED) is 0.790. The number of hydrogen-bond donors (Lipinski definition) is 1. The largest absolute Gasteiger partial charge is 0.496 e. The Balaban J connectivity index is 2.36. The zero-order valence-electron chi connectivity index (χ0n) is 11.9. The summed E-state index contributed by atoms with van der Waals surface area (Å²) >= 11 is 0. The Kier molecular flexibility index (Phi) is 5.21. The summed E-state index contributed by atoms with van der Waals surface area (Å²) in [5.41, 5.74) is 0.809. The van der Waals surface area contributed by atoms with Crippen molar-refractivity contribution < 1.29 is 19.3 Å². The first-order chi connectivity index (χ1) is 9.80. The fourth-order valence-electron chi connectivity index (χ4n) is 2.16. The van der Waals surface area contributed by atoms with Crippen molar-refractivity contribution in [3.8, 4) is 11.5 Å². The number of ether oxygens (including phenoxy) is 3. The van der Waals surface area contributed by atoms with E-state index in [-0.39, 0.29) is 6.61 Å². The van der Waals surface area contributed by atoms with E-state index < -0.39 is 0 Å². The monoisotopic (exact) mass is 276 g/mol. The Morgan fingerprint density at radius 3 is 2.55 bits per heavy atom. The molecule has 0 heterocycles. The zero-order chi connectivity index (χ0) is 14.4. The van der Waals surface area contributed by atoms with Gasteiger partial charge in [0.2, 0.25) is 0 Å². The molecule has 0 unspecified atom stereocenters. The molecule has 2 aromatic carbocycles. The van der Waals surface area contributed by atoms with Crippen LogP contribution in [0.5, 0.6) is 11.5 Å². The van der Waals surface area contributed by atoms with Crippen molar-refractivity contribution in [2.24, 2.45) is 0 Å². The highest BCUT2D eigenvalue weighted by molar-refractivity contribution is 5.93. The van der Waals surface area contributed by atoms with Gasteiger partial charge >= 0.3 is 0 Å². The normalized spacial score (nSPS) is 10.8. The highest BCUT2D eigenvalue weighted by Crippen LogP contribution is 2.33. The minimum Gasteiger partial charge on any atom is -0.496 e. The van der Waals surface area contributed by atoms with Crippen LogP contribution >= 0.6 is 0 Å². The molecule has 0 aliphatic rings. The van der Waals surface area contributed by atoms with Crippen molar-refractivity contribution in [2.45, 2.75) is 13.0 Å². The van der Waals surface area contributed by atoms with Crippen molar-refractivity contribution in [2.75, 3.05) is 27.4 Å². The van der Waals surface area contributed by atoms with Crippen LogP contribution in [0.4, 0.5) is 0 Å². The van der Waals surface area contributed by atoms with Crippen molar-refractivity contribution >= 4 is 10.8 Å². The van der Waals surface area contributed by atoms with Crippen molar-refractivity contribution in [3.05, 3.63) is 35.9 Å². The Labute approximate surface area is 118 Å². The Hall–Kier alpha value is -1.78. The second kappa shape index (κ2) is 7.12. The number of hydrogen-bond acceptors (Lipinski definition) is 4. The van der Waals surface area contributed by atoms with Crippen LogP contribution in [0.2, 0.25) is 0 Å². The maximum absolute atomic E-state index is 9.38. The van der Waals surface area contributed by atoms with Gasteiger partial charge in [-0.1, -0.05) is 12.1 Å². The van der Waals surface area contributed by atoms with Crippen LogP contribution in [0.3, 0.4) is 0 Å². The Bertz CT molecular complexity index is 566. The molecule has 0 atom stereocenters. The minimum atomic E-state index is -0.0254. The summed E-state index contributed by atoms with van der Waals surface area (Å²) < 4.78 is 16.2. The minimum absolute atomic E-state index is 0.0254. The van der Waals surface area contributed by atoms with Crippen LogP contribution in [-0.2, 0) is 11.3 Å². The van der Waals surface area contributed by atoms with Crippen LogP contribution in [0, 0.1) is 0 Å². The van der Waals surface area contributed by atoms with Gasteiger partial charge in [0, 0.05) is 30.9 Å². The summed E-state index contributed by atoms with van der Waals surface area (Å²) in [6.45, 7) is 1.22. The van der Waals surface area contributed by atoms with E-state index in [4.69, 9.17) is 14.2 Å². The average Bonchev–Trinajstić information content (AvgIpc) is 2.50. The third-order valence-electron chi connectivity index (χ3n) is 3.13. The molecule has 0 radical (unpaired) electrons. The lowest BCUT2D eigenvalue weighted by atomic mass is 10.1. The molecule has 0 spiro atoms. The molecule has 2 rings (SSSR count). The first kappa shape index (κ1) is 14.6. The van der Waals surface area contributed by atoms with E-state index in [2.05, 4.69) is 0 Å². The van der Waals surface area contributed by atoms with E-state index in [1.807, 2.05) is 30.3 Å². The lowest BCUT2D eigenvalue weighted by Gasteiger charge is -2.13. The van der Waals surface area contributed by atoms with Gasteiger partial charge in [-0.2, -0.15) is 0 Å². The van der Waals surface area contributed by atoms with Gasteiger partial charge in [-0.15, -0.1) is 0 Å². The zero-order valence-corrected chi connectivity index (χ0v) is 11.9. The molecule has 0 bridgehead atoms. The Morgan fingerprint density at radius 2 is 1.85 bits per heavy atom. The van der Waals surface area contributed by atoms with Gasteiger partial charge in [-0.25, -0.2) is 0 Å². The van der Waals surface area contributed by atoms with Gasteiger partial charge in [0.15, 0.2) is 0 Å². The van der Waals surface area contributed by atoms with Crippen molar-refractivity contribution in [3.63, 3.8) is 0 Å². The molecule has 1 N–H and O–H groups in total. The number of methoxy groups -OCH3 is 2. The van der Waals surface area contributed by atoms with E-state index in [1.54, 1.807) is 14.2 Å². The predicted octanol–water partition coefficient (Wildman–Crippen LogP) is 2.76. The van der Waals surface area contributed by atoms with E-state index >= 15 is 0 Å². The maximum Gasteiger partial charge on any atom is 0.127 e. The third kappa shape index (κ3) is 3.21. The van der Waals surface area contributed by atoms with Gasteiger partial charge in [0.05, 0.1) is 20.3 Å². The molecule has 0 aromatic heterocycles. The molecule has 0 aliphatic heterocycles. The highest BCUT2D eigenvalue weighted by atomic mass is 16.5. The number of fused-ring (bicyclic) bond motifs is 1. The molecule has 0 aliphatic carbocycles. The molecule has 4 nitrogen and oxygen atoms in total. The second-order valence-corrected chi connectivity index (χ2v) is 4.50. The van der Waals surface area contributed by atoms with Crippen LogP contribution in [-0.4, -0.2) is 32.5 Å². The fraction of sp³-hybridized carbons (Fsp3) is 0.375. The summed E-state index contributed by atoms with van der Waals surface area (Å²) in [7, 11) is 3.31. The van der Waals surface area contributed by atoms with Gasteiger partial charge in [-0.05, 0) is 23.8 Å². The summed E-state index contributed by atoms with van der Waals surface area (Å²) in [6, 6.07) is 9.62. The molecule has 20 heavy (non-hydrogen) atoms. The second-order valence-electron chi connectivity index (χ2n) is 4.50. The standard InChI is InChI=1S/C16H20O4/c1-18-7-4-8-20-16-10-12(11-17)9-14-13(16)5-3-6-15(14)19-2/h3,5-6,9-10,17H,4,7-8,11H2,1-2H3. The van der Waals surface area contributed by atoms with Gasteiger partial charge in [-0.3, -0.25) is 0 Å². The van der Waals surface area contributed by atoms with Gasteiger partial charge in [0.1, 0.15) is 11.5 Å². The molecule has 0 fully saturated rings. The number of benzene rings is 2. The Morgan fingerprint density at radius 1 is 1.00 bits per heavy atom. The lowest BCUT2D eigenvalue weighted by molar-refractivity contribution is 0.172. The van der Waals surface area contributed by atoms with E-state index in [9.17, 15) is 5.11 Å². The summed E-state index contributed by atoms with van der Waals surface area (Å²) in [5.74, 6) is 1.54. The fourth-order valence-corrected chi connectivity index (χ4v) is 2.16. The van der Waals surface area contributed by atoms with E-state index in [0.29, 0.717) is 13.2 Å². The summed E-state index contributed by atoms with van der Waals surface area (Å²) in [4.78, 5) is 0. The molecule has 0 saturated carbocycles. The molecule has 0 saturated heterocycles. The van der Waals surface area contributed by atoms with Crippen LogP contribution < -0.4 is 9.47 Å².